The molecule has 21 heavy (non-hydrogen) atoms. The second kappa shape index (κ2) is 7.29. The molecule has 0 amide bonds. The molecule has 2 aromatic carbocycles. The predicted octanol–water partition coefficient (Wildman–Crippen LogP) is 3.95. The number of hydrogen-bond donors (Lipinski definition) is 1. The van der Waals surface area contributed by atoms with Crippen molar-refractivity contribution in [3.05, 3.63) is 58.4 Å². The SMILES string of the molecule is CCOc1cc(CO)c(Cl)cc1OCc1ccccc1F. The molecule has 112 valence electrons. The first-order chi connectivity index (χ1) is 10.2. The molecule has 0 unspecified atom stereocenters. The van der Waals surface area contributed by atoms with Crippen LogP contribution < -0.4 is 9.47 Å². The minimum Gasteiger partial charge on any atom is -0.490 e. The van der Waals surface area contributed by atoms with Gasteiger partial charge >= 0.3 is 0 Å². The number of ether oxygens (including phenoxy) is 2. The Labute approximate surface area is 127 Å². The van der Waals surface area contributed by atoms with E-state index < -0.39 is 0 Å². The molecule has 0 aliphatic rings. The number of benzene rings is 2. The smallest absolute Gasteiger partial charge is 0.163 e. The van der Waals surface area contributed by atoms with E-state index in [9.17, 15) is 9.50 Å². The average Bonchev–Trinajstić information content (AvgIpc) is 2.48. The van der Waals surface area contributed by atoms with Gasteiger partial charge in [-0.3, -0.25) is 0 Å². The lowest BCUT2D eigenvalue weighted by Crippen LogP contribution is -2.02. The Morgan fingerprint density at radius 3 is 2.48 bits per heavy atom. The zero-order chi connectivity index (χ0) is 15.2. The monoisotopic (exact) mass is 310 g/mol. The fraction of sp³-hybridized carbons (Fsp3) is 0.250. The number of hydrogen-bond acceptors (Lipinski definition) is 3. The maximum Gasteiger partial charge on any atom is 0.163 e. The van der Waals surface area contributed by atoms with Crippen LogP contribution in [0.4, 0.5) is 4.39 Å². The van der Waals surface area contributed by atoms with Gasteiger partial charge in [0.1, 0.15) is 12.4 Å². The average molecular weight is 311 g/mol. The molecule has 2 rings (SSSR count). The lowest BCUT2D eigenvalue weighted by Gasteiger charge is -2.14. The second-order valence-electron chi connectivity index (χ2n) is 4.36. The normalized spacial score (nSPS) is 10.5. The first kappa shape index (κ1) is 15.6. The fourth-order valence-electron chi connectivity index (χ4n) is 1.85. The van der Waals surface area contributed by atoms with Crippen LogP contribution in [0.3, 0.4) is 0 Å². The topological polar surface area (TPSA) is 38.7 Å². The molecule has 2 aromatic rings. The Bertz CT molecular complexity index is 616. The second-order valence-corrected chi connectivity index (χ2v) is 4.77. The summed E-state index contributed by atoms with van der Waals surface area (Å²) in [6.45, 7) is 2.17. The van der Waals surface area contributed by atoms with E-state index >= 15 is 0 Å². The van der Waals surface area contributed by atoms with Crippen LogP contribution in [0.2, 0.25) is 5.02 Å². The van der Waals surface area contributed by atoms with Crippen LogP contribution in [-0.4, -0.2) is 11.7 Å². The minimum absolute atomic E-state index is 0.0710. The van der Waals surface area contributed by atoms with Gasteiger partial charge in [-0.05, 0) is 24.6 Å². The molecule has 0 aromatic heterocycles. The lowest BCUT2D eigenvalue weighted by atomic mass is 10.2. The van der Waals surface area contributed by atoms with Crippen molar-refractivity contribution in [3.63, 3.8) is 0 Å². The van der Waals surface area contributed by atoms with Crippen molar-refractivity contribution in [2.24, 2.45) is 0 Å². The molecular formula is C16H16ClFO3. The first-order valence-electron chi connectivity index (χ1n) is 6.58. The fourth-order valence-corrected chi connectivity index (χ4v) is 2.06. The van der Waals surface area contributed by atoms with Gasteiger partial charge in [-0.1, -0.05) is 29.8 Å². The molecule has 0 radical (unpaired) electrons. The van der Waals surface area contributed by atoms with Crippen molar-refractivity contribution in [3.8, 4) is 11.5 Å². The van der Waals surface area contributed by atoms with Crippen molar-refractivity contribution in [2.75, 3.05) is 6.61 Å². The lowest BCUT2D eigenvalue weighted by molar-refractivity contribution is 0.261. The first-order valence-corrected chi connectivity index (χ1v) is 6.95. The van der Waals surface area contributed by atoms with E-state index in [1.54, 1.807) is 30.3 Å². The maximum atomic E-state index is 13.6. The molecule has 5 heteroatoms. The van der Waals surface area contributed by atoms with Crippen LogP contribution in [0.25, 0.3) is 0 Å². The van der Waals surface area contributed by atoms with Gasteiger partial charge in [-0.25, -0.2) is 4.39 Å². The highest BCUT2D eigenvalue weighted by molar-refractivity contribution is 6.31. The molecule has 3 nitrogen and oxygen atoms in total. The summed E-state index contributed by atoms with van der Waals surface area (Å²) >= 11 is 6.05. The largest absolute Gasteiger partial charge is 0.490 e. The van der Waals surface area contributed by atoms with Gasteiger partial charge in [-0.15, -0.1) is 0 Å². The van der Waals surface area contributed by atoms with Crippen LogP contribution in [0, 0.1) is 5.82 Å². The third-order valence-electron chi connectivity index (χ3n) is 2.92. The summed E-state index contributed by atoms with van der Waals surface area (Å²) in [4.78, 5) is 0. The Kier molecular flexibility index (Phi) is 5.42. The third-order valence-corrected chi connectivity index (χ3v) is 3.28. The van der Waals surface area contributed by atoms with Gasteiger partial charge in [-0.2, -0.15) is 0 Å². The van der Waals surface area contributed by atoms with Gasteiger partial charge in [0, 0.05) is 11.6 Å². The highest BCUT2D eigenvalue weighted by atomic mass is 35.5. The van der Waals surface area contributed by atoms with E-state index in [0.717, 1.165) is 0 Å². The third kappa shape index (κ3) is 3.86. The molecule has 0 saturated carbocycles. The Hall–Kier alpha value is -1.78. The van der Waals surface area contributed by atoms with Gasteiger partial charge in [0.2, 0.25) is 0 Å². The molecule has 0 aliphatic heterocycles. The molecule has 0 saturated heterocycles. The van der Waals surface area contributed by atoms with Crippen molar-refractivity contribution in [2.45, 2.75) is 20.1 Å². The summed E-state index contributed by atoms with van der Waals surface area (Å²) < 4.78 is 24.6. The van der Waals surface area contributed by atoms with E-state index in [2.05, 4.69) is 0 Å². The Morgan fingerprint density at radius 2 is 1.81 bits per heavy atom. The van der Waals surface area contributed by atoms with Gasteiger partial charge in [0.15, 0.2) is 11.5 Å². The highest BCUT2D eigenvalue weighted by Gasteiger charge is 2.11. The van der Waals surface area contributed by atoms with Crippen LogP contribution in [0.5, 0.6) is 11.5 Å². The van der Waals surface area contributed by atoms with Crippen LogP contribution in [-0.2, 0) is 13.2 Å². The standard InChI is InChI=1S/C16H16ClFO3/c1-2-20-15-7-12(9-19)13(17)8-16(15)21-10-11-5-3-4-6-14(11)18/h3-8,19H,2,9-10H2,1H3. The van der Waals surface area contributed by atoms with Gasteiger partial charge < -0.3 is 14.6 Å². The summed E-state index contributed by atoms with van der Waals surface area (Å²) in [5, 5.41) is 9.60. The van der Waals surface area contributed by atoms with Crippen LogP contribution >= 0.6 is 11.6 Å². The van der Waals surface area contributed by atoms with E-state index in [1.165, 1.54) is 6.07 Å². The predicted molar refractivity (Wildman–Crippen MR) is 79.3 cm³/mol. The molecule has 1 N–H and O–H groups in total. The Balaban J connectivity index is 2.22. The Morgan fingerprint density at radius 1 is 1.10 bits per heavy atom. The summed E-state index contributed by atoms with van der Waals surface area (Å²) in [7, 11) is 0. The summed E-state index contributed by atoms with van der Waals surface area (Å²) in [6.07, 6.45) is 0. The van der Waals surface area contributed by atoms with Crippen molar-refractivity contribution < 1.29 is 19.0 Å². The van der Waals surface area contributed by atoms with Crippen molar-refractivity contribution >= 4 is 11.6 Å². The number of aliphatic hydroxyl groups excluding tert-OH is 1. The summed E-state index contributed by atoms with van der Waals surface area (Å²) in [5.74, 6) is 0.568. The molecule has 0 aliphatic carbocycles. The van der Waals surface area contributed by atoms with E-state index in [4.69, 9.17) is 21.1 Å². The van der Waals surface area contributed by atoms with Crippen LogP contribution in [0.15, 0.2) is 36.4 Å². The number of halogens is 2. The quantitative estimate of drug-likeness (QED) is 0.878. The molecule has 0 spiro atoms. The van der Waals surface area contributed by atoms with Crippen LogP contribution in [0.1, 0.15) is 18.1 Å². The van der Waals surface area contributed by atoms with E-state index in [1.807, 2.05) is 6.92 Å². The van der Waals surface area contributed by atoms with E-state index in [-0.39, 0.29) is 19.0 Å². The highest BCUT2D eigenvalue weighted by Crippen LogP contribution is 2.34. The molecule has 0 bridgehead atoms. The van der Waals surface area contributed by atoms with E-state index in [0.29, 0.717) is 34.3 Å². The zero-order valence-electron chi connectivity index (χ0n) is 11.6. The number of aliphatic hydroxyl groups is 1. The maximum absolute atomic E-state index is 13.6. The minimum atomic E-state index is -0.325. The molecule has 0 heterocycles. The van der Waals surface area contributed by atoms with Crippen molar-refractivity contribution in [1.29, 1.82) is 0 Å². The molecule has 0 atom stereocenters. The van der Waals surface area contributed by atoms with Gasteiger partial charge in [0.25, 0.3) is 0 Å². The summed E-state index contributed by atoms with van der Waals surface area (Å²) in [6, 6.07) is 9.59. The molecular weight excluding hydrogens is 295 g/mol. The van der Waals surface area contributed by atoms with Gasteiger partial charge in [0.05, 0.1) is 18.2 Å². The molecule has 0 fully saturated rings. The summed E-state index contributed by atoms with van der Waals surface area (Å²) in [5.41, 5.74) is 1.00. The number of rotatable bonds is 6. The zero-order valence-corrected chi connectivity index (χ0v) is 12.4. The van der Waals surface area contributed by atoms with Crippen molar-refractivity contribution in [1.82, 2.24) is 0 Å².